The number of hydrogen-bond donors (Lipinski definition) is 1. The summed E-state index contributed by atoms with van der Waals surface area (Å²) in [6.45, 7) is 1.98. The first-order valence-electron chi connectivity index (χ1n) is 3.06. The molecule has 0 saturated heterocycles. The van der Waals surface area contributed by atoms with Crippen molar-refractivity contribution in [3.8, 4) is 0 Å². The van der Waals surface area contributed by atoms with Gasteiger partial charge in [-0.1, -0.05) is 18.2 Å². The first-order valence-corrected chi connectivity index (χ1v) is 3.44. The van der Waals surface area contributed by atoms with E-state index in [9.17, 15) is 17.6 Å². The van der Waals surface area contributed by atoms with Crippen LogP contribution in [0.5, 0.6) is 0 Å². The van der Waals surface area contributed by atoms with Crippen LogP contribution in [0, 0.1) is 0 Å². The van der Waals surface area contributed by atoms with Crippen LogP contribution in [0.15, 0.2) is 11.6 Å². The Kier molecular flexibility index (Phi) is 4.55. The maximum absolute atomic E-state index is 12.1. The highest BCUT2D eigenvalue weighted by Crippen LogP contribution is 2.21. The van der Waals surface area contributed by atoms with Crippen LogP contribution in [-0.2, 0) is 0 Å². The predicted octanol–water partition coefficient (Wildman–Crippen LogP) is 2.23. The Labute approximate surface area is 72.4 Å². The highest BCUT2D eigenvalue weighted by molar-refractivity contribution is 6.29. The monoisotopic (exact) mass is 205 g/mol. The third-order valence-electron chi connectivity index (χ3n) is 0.997. The summed E-state index contributed by atoms with van der Waals surface area (Å²) in [7, 11) is 0. The van der Waals surface area contributed by atoms with Crippen LogP contribution in [0.4, 0.5) is 17.6 Å². The number of hydrogen-bond acceptors (Lipinski definition) is 1. The molecule has 0 aromatic carbocycles. The van der Waals surface area contributed by atoms with E-state index in [0.717, 1.165) is 0 Å². The maximum Gasteiger partial charge on any atom is 0.319 e. The van der Waals surface area contributed by atoms with Gasteiger partial charge in [-0.2, -0.15) is 8.78 Å². The molecule has 0 radical (unpaired) electrons. The number of nitrogens with one attached hydrogen (secondary N) is 1. The van der Waals surface area contributed by atoms with Crippen LogP contribution < -0.4 is 5.32 Å². The molecule has 1 nitrogen and oxygen atoms in total. The van der Waals surface area contributed by atoms with Crippen LogP contribution in [-0.4, -0.2) is 25.4 Å². The second-order valence-corrected chi connectivity index (χ2v) is 2.72. The molecule has 0 aromatic heterocycles. The largest absolute Gasteiger partial charge is 0.319 e. The lowest BCUT2D eigenvalue weighted by Crippen LogP contribution is -2.39. The van der Waals surface area contributed by atoms with Crippen molar-refractivity contribution in [2.24, 2.45) is 0 Å². The van der Waals surface area contributed by atoms with Crippen LogP contribution in [0.25, 0.3) is 0 Å². The Hall–Kier alpha value is -0.290. The Morgan fingerprint density at radius 1 is 1.50 bits per heavy atom. The average molecular weight is 206 g/mol. The first-order chi connectivity index (χ1) is 5.36. The average Bonchev–Trinajstić information content (AvgIpc) is 1.85. The minimum Gasteiger partial charge on any atom is -0.306 e. The minimum atomic E-state index is -4.01. The highest BCUT2D eigenvalue weighted by atomic mass is 35.5. The van der Waals surface area contributed by atoms with Crippen molar-refractivity contribution in [1.29, 1.82) is 0 Å². The van der Waals surface area contributed by atoms with Crippen molar-refractivity contribution in [3.05, 3.63) is 11.6 Å². The summed E-state index contributed by atoms with van der Waals surface area (Å²) in [5, 5.41) is 2.14. The second-order valence-electron chi connectivity index (χ2n) is 2.18. The van der Waals surface area contributed by atoms with Gasteiger partial charge in [-0.3, -0.25) is 0 Å². The zero-order valence-corrected chi connectivity index (χ0v) is 6.84. The Balaban J connectivity index is 3.69. The van der Waals surface area contributed by atoms with E-state index in [1.54, 1.807) is 0 Å². The lowest BCUT2D eigenvalue weighted by Gasteiger charge is -2.15. The zero-order valence-electron chi connectivity index (χ0n) is 6.09. The normalized spacial score (nSPS) is 12.2. The van der Waals surface area contributed by atoms with Crippen molar-refractivity contribution >= 4 is 11.6 Å². The molecule has 0 aliphatic carbocycles. The van der Waals surface area contributed by atoms with Crippen molar-refractivity contribution < 1.29 is 17.6 Å². The second kappa shape index (κ2) is 4.67. The van der Waals surface area contributed by atoms with E-state index in [-0.39, 0.29) is 11.6 Å². The van der Waals surface area contributed by atoms with E-state index < -0.39 is 18.9 Å². The van der Waals surface area contributed by atoms with Crippen LogP contribution >= 0.6 is 11.6 Å². The molecule has 0 amide bonds. The van der Waals surface area contributed by atoms with E-state index >= 15 is 0 Å². The quantitative estimate of drug-likeness (QED) is 0.679. The Morgan fingerprint density at radius 3 is 2.33 bits per heavy atom. The van der Waals surface area contributed by atoms with Crippen molar-refractivity contribution in [2.45, 2.75) is 12.3 Å². The SMILES string of the molecule is C=C(Cl)CNCC(F)(F)C(F)F. The lowest BCUT2D eigenvalue weighted by atomic mass is 10.3. The molecule has 1 N–H and O–H groups in total. The van der Waals surface area contributed by atoms with Crippen molar-refractivity contribution in [1.82, 2.24) is 5.32 Å². The molecule has 0 atom stereocenters. The molecular formula is C6H8ClF4N. The van der Waals surface area contributed by atoms with Crippen molar-refractivity contribution in [3.63, 3.8) is 0 Å². The van der Waals surface area contributed by atoms with Gasteiger partial charge in [0, 0.05) is 11.6 Å². The molecule has 0 aliphatic heterocycles. The maximum atomic E-state index is 12.1. The summed E-state index contributed by atoms with van der Waals surface area (Å²) in [6.07, 6.45) is -3.66. The standard InChI is InChI=1S/C6H8ClF4N/c1-4(7)2-12-3-6(10,11)5(8)9/h5,12H,1-3H2. The molecule has 0 heterocycles. The summed E-state index contributed by atoms with van der Waals surface area (Å²) in [5.74, 6) is -4.01. The molecular weight excluding hydrogens is 198 g/mol. The van der Waals surface area contributed by atoms with Gasteiger partial charge in [0.05, 0.1) is 6.54 Å². The summed E-state index contributed by atoms with van der Waals surface area (Å²) in [4.78, 5) is 0. The van der Waals surface area contributed by atoms with Crippen LogP contribution in [0.1, 0.15) is 0 Å². The van der Waals surface area contributed by atoms with Crippen LogP contribution in [0.3, 0.4) is 0 Å². The Bertz CT molecular complexity index is 160. The van der Waals surface area contributed by atoms with Gasteiger partial charge in [0.15, 0.2) is 0 Å². The van der Waals surface area contributed by atoms with E-state index in [0.29, 0.717) is 0 Å². The zero-order chi connectivity index (χ0) is 9.78. The van der Waals surface area contributed by atoms with E-state index in [2.05, 4.69) is 6.58 Å². The Morgan fingerprint density at radius 2 is 2.00 bits per heavy atom. The molecule has 6 heteroatoms. The number of halogens is 5. The van der Waals surface area contributed by atoms with Gasteiger partial charge in [-0.15, -0.1) is 0 Å². The van der Waals surface area contributed by atoms with Gasteiger partial charge in [-0.05, 0) is 0 Å². The highest BCUT2D eigenvalue weighted by Gasteiger charge is 2.39. The molecule has 0 rings (SSSR count). The fraction of sp³-hybridized carbons (Fsp3) is 0.667. The third-order valence-corrected chi connectivity index (χ3v) is 1.13. The summed E-state index contributed by atoms with van der Waals surface area (Å²) < 4.78 is 47.2. The molecule has 0 spiro atoms. The molecule has 12 heavy (non-hydrogen) atoms. The van der Waals surface area contributed by atoms with E-state index in [1.165, 1.54) is 0 Å². The van der Waals surface area contributed by atoms with Crippen molar-refractivity contribution in [2.75, 3.05) is 13.1 Å². The minimum absolute atomic E-state index is 0.0973. The summed E-state index contributed by atoms with van der Waals surface area (Å²) in [5.41, 5.74) is 0. The molecule has 0 unspecified atom stereocenters. The predicted molar refractivity (Wildman–Crippen MR) is 38.8 cm³/mol. The lowest BCUT2D eigenvalue weighted by molar-refractivity contribution is -0.124. The summed E-state index contributed by atoms with van der Waals surface area (Å²) >= 11 is 5.20. The fourth-order valence-corrected chi connectivity index (χ4v) is 0.536. The molecule has 0 saturated carbocycles. The van der Waals surface area contributed by atoms with Crippen LogP contribution in [0.2, 0.25) is 0 Å². The molecule has 72 valence electrons. The van der Waals surface area contributed by atoms with Gasteiger partial charge < -0.3 is 5.32 Å². The smallest absolute Gasteiger partial charge is 0.306 e. The molecule has 0 bridgehead atoms. The topological polar surface area (TPSA) is 12.0 Å². The summed E-state index contributed by atoms with van der Waals surface area (Å²) in [6, 6.07) is 0. The van der Waals surface area contributed by atoms with Gasteiger partial charge >= 0.3 is 12.3 Å². The van der Waals surface area contributed by atoms with Gasteiger partial charge in [-0.25, -0.2) is 8.78 Å². The first kappa shape index (κ1) is 11.7. The third kappa shape index (κ3) is 4.56. The molecule has 0 fully saturated rings. The number of rotatable bonds is 5. The van der Waals surface area contributed by atoms with E-state index in [4.69, 9.17) is 11.6 Å². The van der Waals surface area contributed by atoms with Gasteiger partial charge in [0.1, 0.15) is 0 Å². The number of alkyl halides is 4. The van der Waals surface area contributed by atoms with Gasteiger partial charge in [0.2, 0.25) is 0 Å². The fourth-order valence-electron chi connectivity index (χ4n) is 0.442. The van der Waals surface area contributed by atoms with E-state index in [1.807, 2.05) is 5.32 Å². The van der Waals surface area contributed by atoms with Gasteiger partial charge in [0.25, 0.3) is 0 Å². The molecule has 0 aromatic rings. The molecule has 0 aliphatic rings.